The average Bonchev–Trinajstić information content (AvgIpc) is 2.65. The second kappa shape index (κ2) is 5.15. The van der Waals surface area contributed by atoms with Crippen LogP contribution in [0.25, 0.3) is 0 Å². The van der Waals surface area contributed by atoms with Crippen LogP contribution in [0, 0.1) is 12.7 Å². The Hall–Kier alpha value is -2.05. The molecule has 1 aromatic heterocycles. The molecule has 0 aliphatic heterocycles. The van der Waals surface area contributed by atoms with E-state index in [0.29, 0.717) is 6.54 Å². The zero-order valence-electron chi connectivity index (χ0n) is 10.9. The largest absolute Gasteiger partial charge is 0.419 e. The predicted octanol–water partition coefficient (Wildman–Crippen LogP) is 3.50. The molecule has 1 aromatic carbocycles. The van der Waals surface area contributed by atoms with Crippen LogP contribution < -0.4 is 5.32 Å². The van der Waals surface area contributed by atoms with E-state index in [4.69, 9.17) is 0 Å². The number of alkyl halides is 3. The van der Waals surface area contributed by atoms with E-state index in [9.17, 15) is 17.6 Å². The number of anilines is 1. The van der Waals surface area contributed by atoms with Gasteiger partial charge in [0.2, 0.25) is 0 Å². The molecule has 0 atom stereocenters. The van der Waals surface area contributed by atoms with Gasteiger partial charge >= 0.3 is 6.18 Å². The fraction of sp³-hybridized carbons (Fsp3) is 0.308. The van der Waals surface area contributed by atoms with Crippen molar-refractivity contribution >= 4 is 5.69 Å². The van der Waals surface area contributed by atoms with E-state index >= 15 is 0 Å². The number of benzene rings is 1. The smallest absolute Gasteiger partial charge is 0.379 e. The predicted molar refractivity (Wildman–Crippen MR) is 66.7 cm³/mol. The molecule has 0 saturated carbocycles. The van der Waals surface area contributed by atoms with Gasteiger partial charge in [-0.3, -0.25) is 4.68 Å². The zero-order chi connectivity index (χ0) is 14.9. The van der Waals surface area contributed by atoms with E-state index < -0.39 is 17.6 Å². The van der Waals surface area contributed by atoms with E-state index in [1.807, 2.05) is 13.0 Å². The molecule has 1 N–H and O–H groups in total. The van der Waals surface area contributed by atoms with Crippen molar-refractivity contribution in [2.24, 2.45) is 7.05 Å². The third kappa shape index (κ3) is 3.09. The van der Waals surface area contributed by atoms with Crippen molar-refractivity contribution in [1.82, 2.24) is 9.78 Å². The molecule has 1 heterocycles. The summed E-state index contributed by atoms with van der Waals surface area (Å²) in [6.45, 7) is 2.13. The van der Waals surface area contributed by atoms with Crippen LogP contribution in [0.4, 0.5) is 23.2 Å². The molecule has 0 spiro atoms. The highest BCUT2D eigenvalue weighted by Crippen LogP contribution is 2.33. The van der Waals surface area contributed by atoms with E-state index in [2.05, 4.69) is 10.4 Å². The summed E-state index contributed by atoms with van der Waals surface area (Å²) in [4.78, 5) is 0. The number of nitrogens with zero attached hydrogens (tertiary/aromatic N) is 2. The minimum atomic E-state index is -4.70. The summed E-state index contributed by atoms with van der Waals surface area (Å²) in [6.07, 6.45) is -4.70. The first-order valence-electron chi connectivity index (χ1n) is 5.87. The molecule has 20 heavy (non-hydrogen) atoms. The number of aryl methyl sites for hydroxylation is 2. The molecule has 0 aliphatic carbocycles. The molecular weight excluding hydrogens is 274 g/mol. The molecule has 2 rings (SSSR count). The van der Waals surface area contributed by atoms with Crippen molar-refractivity contribution in [3.8, 4) is 0 Å². The summed E-state index contributed by atoms with van der Waals surface area (Å²) in [5.74, 6) is -1.28. The number of aromatic nitrogens is 2. The second-order valence-corrected chi connectivity index (χ2v) is 4.45. The fourth-order valence-electron chi connectivity index (χ4n) is 1.87. The number of hydrogen-bond acceptors (Lipinski definition) is 2. The lowest BCUT2D eigenvalue weighted by molar-refractivity contribution is -0.139. The molecule has 0 radical (unpaired) electrons. The van der Waals surface area contributed by atoms with E-state index in [-0.39, 0.29) is 5.69 Å². The Morgan fingerprint density at radius 3 is 2.50 bits per heavy atom. The molecule has 0 bridgehead atoms. The lowest BCUT2D eigenvalue weighted by atomic mass is 10.2. The third-order valence-corrected chi connectivity index (χ3v) is 2.84. The highest BCUT2D eigenvalue weighted by atomic mass is 19.4. The monoisotopic (exact) mass is 287 g/mol. The van der Waals surface area contributed by atoms with Crippen LogP contribution in [-0.2, 0) is 19.8 Å². The SMILES string of the molecule is Cc1cc(CNc2ccc(F)c(C(F)(F)F)c2)n(C)n1. The number of rotatable bonds is 3. The minimum absolute atomic E-state index is 0.206. The summed E-state index contributed by atoms with van der Waals surface area (Å²) in [5.41, 5.74) is 0.570. The van der Waals surface area contributed by atoms with E-state index in [1.54, 1.807) is 11.7 Å². The molecule has 108 valence electrons. The normalized spacial score (nSPS) is 11.7. The van der Waals surface area contributed by atoms with Gasteiger partial charge in [-0.1, -0.05) is 0 Å². The highest BCUT2D eigenvalue weighted by molar-refractivity contribution is 5.47. The Labute approximate surface area is 113 Å². The van der Waals surface area contributed by atoms with Crippen molar-refractivity contribution in [2.45, 2.75) is 19.6 Å². The molecule has 0 unspecified atom stereocenters. The van der Waals surface area contributed by atoms with E-state index in [1.165, 1.54) is 6.07 Å². The van der Waals surface area contributed by atoms with Gasteiger partial charge in [0.05, 0.1) is 23.5 Å². The van der Waals surface area contributed by atoms with Crippen molar-refractivity contribution in [3.05, 3.63) is 47.0 Å². The van der Waals surface area contributed by atoms with Gasteiger partial charge in [-0.15, -0.1) is 0 Å². The molecule has 0 fully saturated rings. The first kappa shape index (κ1) is 14.4. The molecule has 0 amide bonds. The number of hydrogen-bond donors (Lipinski definition) is 1. The van der Waals surface area contributed by atoms with Gasteiger partial charge in [-0.05, 0) is 31.2 Å². The Morgan fingerprint density at radius 2 is 1.95 bits per heavy atom. The van der Waals surface area contributed by atoms with Crippen LogP contribution >= 0.6 is 0 Å². The van der Waals surface area contributed by atoms with Gasteiger partial charge < -0.3 is 5.32 Å². The summed E-state index contributed by atoms with van der Waals surface area (Å²) in [6, 6.07) is 4.66. The number of halogens is 4. The highest BCUT2D eigenvalue weighted by Gasteiger charge is 2.34. The van der Waals surface area contributed by atoms with Gasteiger partial charge in [0.1, 0.15) is 5.82 Å². The maximum absolute atomic E-state index is 13.1. The van der Waals surface area contributed by atoms with E-state index in [0.717, 1.165) is 23.5 Å². The van der Waals surface area contributed by atoms with Gasteiger partial charge in [-0.2, -0.15) is 18.3 Å². The summed E-state index contributed by atoms with van der Waals surface area (Å²) < 4.78 is 52.5. The van der Waals surface area contributed by atoms with Crippen molar-refractivity contribution in [2.75, 3.05) is 5.32 Å². The van der Waals surface area contributed by atoms with Crippen LogP contribution in [0.15, 0.2) is 24.3 Å². The summed E-state index contributed by atoms with van der Waals surface area (Å²) in [7, 11) is 1.75. The molecule has 2 aromatic rings. The maximum atomic E-state index is 13.1. The Balaban J connectivity index is 2.16. The fourth-order valence-corrected chi connectivity index (χ4v) is 1.87. The average molecular weight is 287 g/mol. The molecule has 0 aliphatic rings. The number of nitrogens with one attached hydrogen (secondary N) is 1. The topological polar surface area (TPSA) is 29.9 Å². The van der Waals surface area contributed by atoms with Crippen LogP contribution in [0.2, 0.25) is 0 Å². The summed E-state index contributed by atoms with van der Waals surface area (Å²) in [5, 5.41) is 6.96. The van der Waals surface area contributed by atoms with Crippen LogP contribution in [0.1, 0.15) is 17.0 Å². The van der Waals surface area contributed by atoms with Crippen LogP contribution in [0.3, 0.4) is 0 Å². The molecule has 7 heteroatoms. The standard InChI is InChI=1S/C13H13F4N3/c1-8-5-10(20(2)19-8)7-18-9-3-4-12(14)11(6-9)13(15,16)17/h3-6,18H,7H2,1-2H3. The van der Waals surface area contributed by atoms with Gasteiger partial charge in [-0.25, -0.2) is 4.39 Å². The molecular formula is C13H13F4N3. The maximum Gasteiger partial charge on any atom is 0.419 e. The second-order valence-electron chi connectivity index (χ2n) is 4.45. The quantitative estimate of drug-likeness (QED) is 0.876. The minimum Gasteiger partial charge on any atom is -0.379 e. The van der Waals surface area contributed by atoms with Crippen molar-refractivity contribution < 1.29 is 17.6 Å². The van der Waals surface area contributed by atoms with Gasteiger partial charge in [0, 0.05) is 12.7 Å². The lowest BCUT2D eigenvalue weighted by Gasteiger charge is -2.11. The Kier molecular flexibility index (Phi) is 3.69. The lowest BCUT2D eigenvalue weighted by Crippen LogP contribution is -2.10. The Bertz CT molecular complexity index is 617. The first-order valence-corrected chi connectivity index (χ1v) is 5.87. The summed E-state index contributed by atoms with van der Waals surface area (Å²) >= 11 is 0. The van der Waals surface area contributed by atoms with Gasteiger partial charge in [0.15, 0.2) is 0 Å². The van der Waals surface area contributed by atoms with Crippen LogP contribution in [0.5, 0.6) is 0 Å². The van der Waals surface area contributed by atoms with Crippen LogP contribution in [-0.4, -0.2) is 9.78 Å². The third-order valence-electron chi connectivity index (χ3n) is 2.84. The van der Waals surface area contributed by atoms with Gasteiger partial charge in [0.25, 0.3) is 0 Å². The van der Waals surface area contributed by atoms with Crippen molar-refractivity contribution in [1.29, 1.82) is 0 Å². The Morgan fingerprint density at radius 1 is 1.25 bits per heavy atom. The first-order chi connectivity index (χ1) is 9.27. The van der Waals surface area contributed by atoms with Crippen molar-refractivity contribution in [3.63, 3.8) is 0 Å². The zero-order valence-corrected chi connectivity index (χ0v) is 10.9. The molecule has 0 saturated heterocycles. The molecule has 3 nitrogen and oxygen atoms in total.